The molecule has 2 nitrogen and oxygen atoms in total. The molecule has 2 N–H and O–H groups in total. The van der Waals surface area contributed by atoms with E-state index < -0.39 is 0 Å². The van der Waals surface area contributed by atoms with Crippen LogP contribution in [0.4, 0.5) is 0 Å². The molecular weight excluding hydrogens is 246 g/mol. The molecule has 2 aromatic rings. The summed E-state index contributed by atoms with van der Waals surface area (Å²) in [6.45, 7) is 8.56. The van der Waals surface area contributed by atoms with Crippen molar-refractivity contribution in [3.8, 4) is 5.75 Å². The minimum atomic E-state index is 0.193. The van der Waals surface area contributed by atoms with Crippen molar-refractivity contribution in [1.82, 2.24) is 5.32 Å². The molecule has 0 fully saturated rings. The number of nitrogens with one attached hydrogen (secondary N) is 1. The summed E-state index contributed by atoms with van der Waals surface area (Å²) in [5.41, 5.74) is 5.03. The third-order valence-corrected chi connectivity index (χ3v) is 3.90. The van der Waals surface area contributed by atoms with Crippen molar-refractivity contribution >= 4 is 0 Å². The Morgan fingerprint density at radius 1 is 0.850 bits per heavy atom. The summed E-state index contributed by atoms with van der Waals surface area (Å²) in [6, 6.07) is 14.5. The van der Waals surface area contributed by atoms with Crippen LogP contribution in [0.25, 0.3) is 0 Å². The van der Waals surface area contributed by atoms with Crippen molar-refractivity contribution < 1.29 is 5.11 Å². The molecule has 2 atom stereocenters. The first-order valence-corrected chi connectivity index (χ1v) is 7.09. The zero-order valence-corrected chi connectivity index (χ0v) is 12.6. The largest absolute Gasteiger partial charge is 0.508 e. The van der Waals surface area contributed by atoms with Gasteiger partial charge in [-0.1, -0.05) is 30.3 Å². The number of aryl methyl sites for hydroxylation is 2. The summed E-state index contributed by atoms with van der Waals surface area (Å²) in [5, 5.41) is 13.1. The van der Waals surface area contributed by atoms with Crippen molar-refractivity contribution in [1.29, 1.82) is 0 Å². The first-order valence-electron chi connectivity index (χ1n) is 7.09. The summed E-state index contributed by atoms with van der Waals surface area (Å²) in [5.74, 6) is 0.315. The van der Waals surface area contributed by atoms with E-state index in [0.29, 0.717) is 5.75 Å². The molecule has 0 saturated carbocycles. The average Bonchev–Trinajstić information content (AvgIpc) is 2.41. The van der Waals surface area contributed by atoms with Crippen molar-refractivity contribution in [2.75, 3.05) is 0 Å². The normalized spacial score (nSPS) is 14.0. The Morgan fingerprint density at radius 2 is 1.50 bits per heavy atom. The third kappa shape index (κ3) is 3.40. The van der Waals surface area contributed by atoms with Crippen LogP contribution in [0.3, 0.4) is 0 Å². The predicted octanol–water partition coefficient (Wildman–Crippen LogP) is 4.42. The molecule has 0 amide bonds. The molecule has 0 saturated heterocycles. The Bertz CT molecular complexity index is 592. The van der Waals surface area contributed by atoms with Gasteiger partial charge in [-0.05, 0) is 62.1 Å². The Morgan fingerprint density at radius 3 is 2.10 bits per heavy atom. The SMILES string of the molecule is Cc1ccc(C(C)NC(C)c2cccc(O)c2)cc1C. The predicted molar refractivity (Wildman–Crippen MR) is 84.0 cm³/mol. The average molecular weight is 269 g/mol. The highest BCUT2D eigenvalue weighted by atomic mass is 16.3. The summed E-state index contributed by atoms with van der Waals surface area (Å²) in [6.07, 6.45) is 0. The minimum absolute atomic E-state index is 0.193. The fourth-order valence-corrected chi connectivity index (χ4v) is 2.40. The van der Waals surface area contributed by atoms with Crippen LogP contribution in [0, 0.1) is 13.8 Å². The molecule has 0 aliphatic heterocycles. The lowest BCUT2D eigenvalue weighted by molar-refractivity contribution is 0.466. The van der Waals surface area contributed by atoms with Gasteiger partial charge in [-0.3, -0.25) is 0 Å². The lowest BCUT2D eigenvalue weighted by Crippen LogP contribution is -2.22. The molecule has 0 heterocycles. The molecule has 0 aliphatic rings. The van der Waals surface area contributed by atoms with E-state index in [9.17, 15) is 5.11 Å². The van der Waals surface area contributed by atoms with Gasteiger partial charge in [0, 0.05) is 12.1 Å². The molecular formula is C18H23NO. The highest BCUT2D eigenvalue weighted by molar-refractivity contribution is 5.32. The van der Waals surface area contributed by atoms with E-state index in [0.717, 1.165) is 5.56 Å². The van der Waals surface area contributed by atoms with Gasteiger partial charge in [-0.25, -0.2) is 0 Å². The second kappa shape index (κ2) is 6.10. The Balaban J connectivity index is 2.10. The molecule has 0 radical (unpaired) electrons. The zero-order chi connectivity index (χ0) is 14.7. The lowest BCUT2D eigenvalue weighted by atomic mass is 10.0. The Hall–Kier alpha value is -1.80. The van der Waals surface area contributed by atoms with Crippen LogP contribution in [0.2, 0.25) is 0 Å². The Labute approximate surface area is 121 Å². The quantitative estimate of drug-likeness (QED) is 0.861. The number of hydrogen-bond donors (Lipinski definition) is 2. The lowest BCUT2D eigenvalue weighted by Gasteiger charge is -2.21. The van der Waals surface area contributed by atoms with Gasteiger partial charge < -0.3 is 10.4 Å². The second-order valence-electron chi connectivity index (χ2n) is 5.55. The van der Waals surface area contributed by atoms with Crippen LogP contribution in [0.15, 0.2) is 42.5 Å². The molecule has 2 aromatic carbocycles. The van der Waals surface area contributed by atoms with Crippen LogP contribution in [0.1, 0.15) is 48.2 Å². The minimum Gasteiger partial charge on any atom is -0.508 e. The summed E-state index contributed by atoms with van der Waals surface area (Å²) in [4.78, 5) is 0. The number of aromatic hydroxyl groups is 1. The van der Waals surface area contributed by atoms with Crippen LogP contribution in [0.5, 0.6) is 5.75 Å². The summed E-state index contributed by atoms with van der Waals surface area (Å²) < 4.78 is 0. The molecule has 0 bridgehead atoms. The second-order valence-corrected chi connectivity index (χ2v) is 5.55. The standard InChI is InChI=1S/C18H23NO/c1-12-8-9-17(10-13(12)2)15(4)19-14(3)16-6-5-7-18(20)11-16/h5-11,14-15,19-20H,1-4H3. The van der Waals surface area contributed by atoms with Crippen LogP contribution < -0.4 is 5.32 Å². The fraction of sp³-hybridized carbons (Fsp3) is 0.333. The van der Waals surface area contributed by atoms with Gasteiger partial charge in [0.2, 0.25) is 0 Å². The summed E-state index contributed by atoms with van der Waals surface area (Å²) >= 11 is 0. The van der Waals surface area contributed by atoms with Crippen molar-refractivity contribution in [3.63, 3.8) is 0 Å². The zero-order valence-electron chi connectivity index (χ0n) is 12.6. The number of rotatable bonds is 4. The van der Waals surface area contributed by atoms with E-state index in [1.807, 2.05) is 18.2 Å². The third-order valence-electron chi connectivity index (χ3n) is 3.90. The van der Waals surface area contributed by atoms with Crippen LogP contribution >= 0.6 is 0 Å². The molecule has 2 rings (SSSR count). The van der Waals surface area contributed by atoms with E-state index >= 15 is 0 Å². The van der Waals surface area contributed by atoms with E-state index in [1.54, 1.807) is 6.07 Å². The van der Waals surface area contributed by atoms with Gasteiger partial charge in [0.05, 0.1) is 0 Å². The van der Waals surface area contributed by atoms with E-state index in [4.69, 9.17) is 0 Å². The first-order chi connectivity index (χ1) is 9.47. The maximum absolute atomic E-state index is 9.55. The topological polar surface area (TPSA) is 32.3 Å². The number of benzene rings is 2. The molecule has 20 heavy (non-hydrogen) atoms. The van der Waals surface area contributed by atoms with Gasteiger partial charge in [0.15, 0.2) is 0 Å². The monoisotopic (exact) mass is 269 g/mol. The highest BCUT2D eigenvalue weighted by Gasteiger charge is 2.12. The maximum Gasteiger partial charge on any atom is 0.115 e. The number of hydrogen-bond acceptors (Lipinski definition) is 2. The van der Waals surface area contributed by atoms with E-state index in [1.165, 1.54) is 16.7 Å². The fourth-order valence-electron chi connectivity index (χ4n) is 2.40. The molecule has 2 unspecified atom stereocenters. The Kier molecular flexibility index (Phi) is 4.46. The van der Waals surface area contributed by atoms with Gasteiger partial charge in [0.1, 0.15) is 5.75 Å². The molecule has 2 heteroatoms. The summed E-state index contributed by atoms with van der Waals surface area (Å²) in [7, 11) is 0. The van der Waals surface area contributed by atoms with Gasteiger partial charge in [-0.2, -0.15) is 0 Å². The van der Waals surface area contributed by atoms with E-state index in [-0.39, 0.29) is 12.1 Å². The van der Waals surface area contributed by atoms with Gasteiger partial charge in [-0.15, -0.1) is 0 Å². The van der Waals surface area contributed by atoms with Crippen molar-refractivity contribution in [3.05, 3.63) is 64.7 Å². The first kappa shape index (κ1) is 14.6. The van der Waals surface area contributed by atoms with Crippen LogP contribution in [-0.4, -0.2) is 5.11 Å². The molecule has 0 aliphatic carbocycles. The number of phenols is 1. The number of phenolic OH excluding ortho intramolecular Hbond substituents is 1. The van der Waals surface area contributed by atoms with Gasteiger partial charge >= 0.3 is 0 Å². The highest BCUT2D eigenvalue weighted by Crippen LogP contribution is 2.23. The van der Waals surface area contributed by atoms with Crippen molar-refractivity contribution in [2.45, 2.75) is 39.8 Å². The molecule has 106 valence electrons. The van der Waals surface area contributed by atoms with Crippen molar-refractivity contribution in [2.24, 2.45) is 0 Å². The van der Waals surface area contributed by atoms with E-state index in [2.05, 4.69) is 51.2 Å². The maximum atomic E-state index is 9.55. The molecule has 0 spiro atoms. The van der Waals surface area contributed by atoms with Gasteiger partial charge in [0.25, 0.3) is 0 Å². The smallest absolute Gasteiger partial charge is 0.115 e. The molecule has 0 aromatic heterocycles. The van der Waals surface area contributed by atoms with Crippen LogP contribution in [-0.2, 0) is 0 Å².